The molecule has 1 aromatic rings. The van der Waals surface area contributed by atoms with Gasteiger partial charge in [-0.3, -0.25) is 4.79 Å². The number of hydrogen-bond acceptors (Lipinski definition) is 2. The topological polar surface area (TPSA) is 30.0 Å². The van der Waals surface area contributed by atoms with E-state index >= 15 is 0 Å². The molecule has 0 N–H and O–H groups in total. The number of aromatic nitrogens is 1. The first kappa shape index (κ1) is 8.14. The van der Waals surface area contributed by atoms with E-state index in [1.807, 2.05) is 0 Å². The lowest BCUT2D eigenvalue weighted by atomic mass is 10.2. The predicted molar refractivity (Wildman–Crippen MR) is 39.2 cm³/mol. The summed E-state index contributed by atoms with van der Waals surface area (Å²) >= 11 is 5.39. The Labute approximate surface area is 68.0 Å². The molecular weight excluding hydrogens is 169 g/mol. The first-order chi connectivity index (χ1) is 5.09. The molecule has 0 atom stereocenters. The zero-order chi connectivity index (χ0) is 8.43. The monoisotopic (exact) mass is 173 g/mol. The van der Waals surface area contributed by atoms with Gasteiger partial charge in [0.15, 0.2) is 5.78 Å². The van der Waals surface area contributed by atoms with Crippen LogP contribution in [0.3, 0.4) is 0 Å². The van der Waals surface area contributed by atoms with Crippen molar-refractivity contribution >= 4 is 17.4 Å². The molecule has 4 heteroatoms. The highest BCUT2D eigenvalue weighted by atomic mass is 35.5. The molecule has 11 heavy (non-hydrogen) atoms. The van der Waals surface area contributed by atoms with E-state index in [1.165, 1.54) is 13.0 Å². The minimum atomic E-state index is -0.734. The van der Waals surface area contributed by atoms with E-state index in [0.717, 1.165) is 6.07 Å². The van der Waals surface area contributed by atoms with Gasteiger partial charge in [0.1, 0.15) is 5.15 Å². The minimum Gasteiger partial charge on any atom is -0.295 e. The van der Waals surface area contributed by atoms with Crippen LogP contribution in [0.5, 0.6) is 0 Å². The van der Waals surface area contributed by atoms with E-state index in [9.17, 15) is 9.18 Å². The van der Waals surface area contributed by atoms with Gasteiger partial charge in [0.05, 0.1) is 0 Å². The molecule has 1 heterocycles. The molecule has 0 aromatic carbocycles. The predicted octanol–water partition coefficient (Wildman–Crippen LogP) is 2.08. The minimum absolute atomic E-state index is 0.00444. The van der Waals surface area contributed by atoms with Crippen LogP contribution in [-0.4, -0.2) is 10.8 Å². The Morgan fingerprint density at radius 2 is 2.27 bits per heavy atom. The molecule has 2 nitrogen and oxygen atoms in total. The van der Waals surface area contributed by atoms with Crippen LogP contribution >= 0.6 is 11.6 Å². The number of halogens is 2. The van der Waals surface area contributed by atoms with Crippen LogP contribution in [0.2, 0.25) is 5.15 Å². The summed E-state index contributed by atoms with van der Waals surface area (Å²) in [5.41, 5.74) is 0.238. The molecule has 0 bridgehead atoms. The third-order valence-electron chi connectivity index (χ3n) is 1.17. The number of Topliss-reactive ketones (excluding diaryl/α,β-unsaturated/α-hetero) is 1. The van der Waals surface area contributed by atoms with Gasteiger partial charge in [-0.05, 0) is 13.0 Å². The highest BCUT2D eigenvalue weighted by molar-refractivity contribution is 6.29. The molecule has 0 unspecified atom stereocenters. The maximum absolute atomic E-state index is 12.4. The fourth-order valence-corrected chi connectivity index (χ4v) is 0.866. The van der Waals surface area contributed by atoms with Crippen LogP contribution in [-0.2, 0) is 0 Å². The van der Waals surface area contributed by atoms with Crippen molar-refractivity contribution in [3.8, 4) is 0 Å². The summed E-state index contributed by atoms with van der Waals surface area (Å²) in [6, 6.07) is 2.38. The lowest BCUT2D eigenvalue weighted by Crippen LogP contribution is -1.94. The summed E-state index contributed by atoms with van der Waals surface area (Å²) in [4.78, 5) is 14.0. The van der Waals surface area contributed by atoms with Crippen LogP contribution in [0, 0.1) is 5.95 Å². The number of rotatable bonds is 1. The first-order valence-corrected chi connectivity index (χ1v) is 3.31. The maximum atomic E-state index is 12.4. The van der Waals surface area contributed by atoms with Crippen LogP contribution in [0.4, 0.5) is 4.39 Å². The van der Waals surface area contributed by atoms with Gasteiger partial charge in [-0.1, -0.05) is 11.6 Å². The van der Waals surface area contributed by atoms with E-state index in [4.69, 9.17) is 11.6 Å². The smallest absolute Gasteiger partial charge is 0.214 e. The Morgan fingerprint density at radius 1 is 1.64 bits per heavy atom. The van der Waals surface area contributed by atoms with E-state index in [-0.39, 0.29) is 16.5 Å². The molecule has 0 radical (unpaired) electrons. The molecule has 0 fully saturated rings. The van der Waals surface area contributed by atoms with Gasteiger partial charge >= 0.3 is 0 Å². The average Bonchev–Trinajstić information content (AvgIpc) is 1.85. The van der Waals surface area contributed by atoms with Gasteiger partial charge in [-0.25, -0.2) is 4.98 Å². The van der Waals surface area contributed by atoms with Crippen LogP contribution < -0.4 is 0 Å². The van der Waals surface area contributed by atoms with Crippen molar-refractivity contribution in [1.29, 1.82) is 0 Å². The van der Waals surface area contributed by atoms with Crippen molar-refractivity contribution in [2.75, 3.05) is 0 Å². The normalized spacial score (nSPS) is 9.73. The summed E-state index contributed by atoms with van der Waals surface area (Å²) in [7, 11) is 0. The van der Waals surface area contributed by atoms with Gasteiger partial charge in [0.25, 0.3) is 0 Å². The number of hydrogen-bond donors (Lipinski definition) is 0. The highest BCUT2D eigenvalue weighted by Gasteiger charge is 2.03. The number of pyridine rings is 1. The summed E-state index contributed by atoms with van der Waals surface area (Å²) in [5.74, 6) is -0.962. The third-order valence-corrected chi connectivity index (χ3v) is 1.36. The fourth-order valence-electron chi connectivity index (χ4n) is 0.668. The number of carbonyl (C=O) groups is 1. The van der Waals surface area contributed by atoms with Gasteiger partial charge in [0.2, 0.25) is 5.95 Å². The molecule has 1 aromatic heterocycles. The van der Waals surface area contributed by atoms with Crippen LogP contribution in [0.25, 0.3) is 0 Å². The number of carbonyl (C=O) groups excluding carboxylic acids is 1. The molecule has 0 saturated heterocycles. The standard InChI is InChI=1S/C7H5ClFNO/c1-4(11)5-2-6(8)10-7(9)3-5/h2-3H,1H3. The molecule has 0 spiro atoms. The molecule has 0 aliphatic rings. The SMILES string of the molecule is CC(=O)c1cc(F)nc(Cl)c1. The summed E-state index contributed by atoms with van der Waals surface area (Å²) in [5, 5.41) is -0.00444. The van der Waals surface area contributed by atoms with Crippen molar-refractivity contribution in [1.82, 2.24) is 4.98 Å². The average molecular weight is 174 g/mol. The van der Waals surface area contributed by atoms with E-state index in [1.54, 1.807) is 0 Å². The van der Waals surface area contributed by atoms with Crippen molar-refractivity contribution in [3.05, 3.63) is 28.8 Å². The van der Waals surface area contributed by atoms with E-state index in [2.05, 4.69) is 4.98 Å². The second-order valence-electron chi connectivity index (χ2n) is 2.06. The molecule has 58 valence electrons. The largest absolute Gasteiger partial charge is 0.295 e. The maximum Gasteiger partial charge on any atom is 0.214 e. The molecular formula is C7H5ClFNO. The summed E-state index contributed by atoms with van der Waals surface area (Å²) in [6.07, 6.45) is 0. The van der Waals surface area contributed by atoms with Crippen molar-refractivity contribution in [2.45, 2.75) is 6.92 Å². The Kier molecular flexibility index (Phi) is 2.19. The van der Waals surface area contributed by atoms with E-state index < -0.39 is 5.95 Å². The second-order valence-corrected chi connectivity index (χ2v) is 2.44. The van der Waals surface area contributed by atoms with E-state index in [0.29, 0.717) is 0 Å². The van der Waals surface area contributed by atoms with Gasteiger partial charge in [-0.2, -0.15) is 4.39 Å². The van der Waals surface area contributed by atoms with Crippen molar-refractivity contribution in [3.63, 3.8) is 0 Å². The van der Waals surface area contributed by atoms with Gasteiger partial charge in [-0.15, -0.1) is 0 Å². The van der Waals surface area contributed by atoms with Crippen LogP contribution in [0.1, 0.15) is 17.3 Å². The Bertz CT molecular complexity index is 280. The second kappa shape index (κ2) is 2.96. The lowest BCUT2D eigenvalue weighted by molar-refractivity contribution is 0.101. The third kappa shape index (κ3) is 1.98. The Balaban J connectivity index is 3.19. The molecule has 0 amide bonds. The van der Waals surface area contributed by atoms with Gasteiger partial charge in [0, 0.05) is 11.6 Å². The first-order valence-electron chi connectivity index (χ1n) is 2.93. The zero-order valence-corrected chi connectivity index (χ0v) is 6.52. The number of ketones is 1. The molecule has 0 saturated carbocycles. The van der Waals surface area contributed by atoms with Crippen molar-refractivity contribution < 1.29 is 9.18 Å². The molecule has 1 rings (SSSR count). The lowest BCUT2D eigenvalue weighted by Gasteiger charge is -1.95. The fraction of sp³-hybridized carbons (Fsp3) is 0.143. The summed E-state index contributed by atoms with van der Waals surface area (Å²) < 4.78 is 12.4. The number of nitrogens with zero attached hydrogens (tertiary/aromatic N) is 1. The highest BCUT2D eigenvalue weighted by Crippen LogP contribution is 2.09. The van der Waals surface area contributed by atoms with Gasteiger partial charge < -0.3 is 0 Å². The molecule has 0 aliphatic heterocycles. The summed E-state index contributed by atoms with van der Waals surface area (Å²) in [6.45, 7) is 1.34. The van der Waals surface area contributed by atoms with Crippen LogP contribution in [0.15, 0.2) is 12.1 Å². The molecule has 0 aliphatic carbocycles. The Morgan fingerprint density at radius 3 is 2.73 bits per heavy atom. The quantitative estimate of drug-likeness (QED) is 0.481. The zero-order valence-electron chi connectivity index (χ0n) is 5.77. The Hall–Kier alpha value is -0.960. The van der Waals surface area contributed by atoms with Crippen molar-refractivity contribution in [2.24, 2.45) is 0 Å².